The van der Waals surface area contributed by atoms with E-state index in [1.807, 2.05) is 0 Å². The smallest absolute Gasteiger partial charge is 0.337 e. The molecule has 0 unspecified atom stereocenters. The van der Waals surface area contributed by atoms with Crippen molar-refractivity contribution in [3.05, 3.63) is 24.0 Å². The van der Waals surface area contributed by atoms with E-state index in [0.717, 1.165) is 0 Å². The summed E-state index contributed by atoms with van der Waals surface area (Å²) in [6.45, 7) is 3.28. The molecule has 114 valence electrons. The van der Waals surface area contributed by atoms with Crippen LogP contribution in [0.2, 0.25) is 0 Å². The monoisotopic (exact) mass is 294 g/mol. The lowest BCUT2D eigenvalue weighted by molar-refractivity contribution is 0.0696. The molecule has 0 radical (unpaired) electrons. The van der Waals surface area contributed by atoms with Crippen LogP contribution in [0.25, 0.3) is 0 Å². The molecular formula is C13H18N4O4. The van der Waals surface area contributed by atoms with Crippen LogP contribution in [0.4, 0.5) is 10.5 Å². The number of pyridine rings is 1. The van der Waals surface area contributed by atoms with Crippen LogP contribution in [0.5, 0.6) is 0 Å². The van der Waals surface area contributed by atoms with Crippen LogP contribution in [0, 0.1) is 0 Å². The number of β-amino-alcohol motifs (C(OH)–C–C–N with tert-alkyl or cyclic N) is 1. The summed E-state index contributed by atoms with van der Waals surface area (Å²) in [7, 11) is 0. The van der Waals surface area contributed by atoms with E-state index in [-0.39, 0.29) is 18.2 Å². The third-order valence-corrected chi connectivity index (χ3v) is 3.31. The van der Waals surface area contributed by atoms with E-state index < -0.39 is 5.97 Å². The van der Waals surface area contributed by atoms with Gasteiger partial charge in [0.25, 0.3) is 0 Å². The summed E-state index contributed by atoms with van der Waals surface area (Å²) in [5.41, 5.74) is 0.387. The fraction of sp³-hybridized carbons (Fsp3) is 0.462. The quantitative estimate of drug-likeness (QED) is 0.717. The zero-order valence-electron chi connectivity index (χ0n) is 11.5. The van der Waals surface area contributed by atoms with Gasteiger partial charge in [-0.15, -0.1) is 0 Å². The van der Waals surface area contributed by atoms with Crippen LogP contribution in [0.1, 0.15) is 10.4 Å². The Kier molecular flexibility index (Phi) is 5.07. The number of piperazine rings is 1. The summed E-state index contributed by atoms with van der Waals surface area (Å²) < 4.78 is 0. The largest absolute Gasteiger partial charge is 0.478 e. The van der Waals surface area contributed by atoms with Crippen molar-refractivity contribution < 1.29 is 19.8 Å². The molecule has 2 rings (SSSR count). The van der Waals surface area contributed by atoms with Crippen LogP contribution in [-0.4, -0.2) is 76.3 Å². The van der Waals surface area contributed by atoms with Crippen LogP contribution >= 0.6 is 0 Å². The van der Waals surface area contributed by atoms with Gasteiger partial charge < -0.3 is 20.4 Å². The van der Waals surface area contributed by atoms with Crippen molar-refractivity contribution in [3.8, 4) is 0 Å². The highest BCUT2D eigenvalue weighted by atomic mass is 16.4. The van der Waals surface area contributed by atoms with E-state index in [1.165, 1.54) is 18.5 Å². The van der Waals surface area contributed by atoms with Gasteiger partial charge in [-0.3, -0.25) is 9.88 Å². The molecule has 2 amide bonds. The molecule has 1 aliphatic rings. The molecule has 0 aromatic carbocycles. The first-order chi connectivity index (χ1) is 10.1. The lowest BCUT2D eigenvalue weighted by atomic mass is 10.2. The summed E-state index contributed by atoms with van der Waals surface area (Å²) in [5, 5.41) is 20.4. The molecular weight excluding hydrogens is 276 g/mol. The molecule has 0 aliphatic carbocycles. The number of carboxylic acids is 1. The van der Waals surface area contributed by atoms with Gasteiger partial charge in [-0.1, -0.05) is 0 Å². The molecule has 0 atom stereocenters. The number of urea groups is 1. The van der Waals surface area contributed by atoms with Crippen molar-refractivity contribution in [2.75, 3.05) is 44.6 Å². The highest BCUT2D eigenvalue weighted by Gasteiger charge is 2.20. The van der Waals surface area contributed by atoms with Gasteiger partial charge in [0.2, 0.25) is 0 Å². The molecule has 0 spiro atoms. The van der Waals surface area contributed by atoms with Gasteiger partial charge in [0.1, 0.15) is 0 Å². The van der Waals surface area contributed by atoms with E-state index >= 15 is 0 Å². The summed E-state index contributed by atoms with van der Waals surface area (Å²) in [5.74, 6) is -1.09. The molecule has 0 bridgehead atoms. The molecule has 21 heavy (non-hydrogen) atoms. The molecule has 8 nitrogen and oxygen atoms in total. The molecule has 1 aromatic rings. The number of hydrogen-bond acceptors (Lipinski definition) is 5. The molecule has 1 saturated heterocycles. The van der Waals surface area contributed by atoms with Gasteiger partial charge in [-0.25, -0.2) is 9.59 Å². The number of rotatable bonds is 4. The Labute approximate surface area is 122 Å². The summed E-state index contributed by atoms with van der Waals surface area (Å²) in [4.78, 5) is 30.5. The second-order valence-electron chi connectivity index (χ2n) is 4.75. The third-order valence-electron chi connectivity index (χ3n) is 3.31. The van der Waals surface area contributed by atoms with E-state index in [1.54, 1.807) is 4.90 Å². The Bertz CT molecular complexity index is 515. The molecule has 8 heteroatoms. The predicted molar refractivity (Wildman–Crippen MR) is 75.3 cm³/mol. The average molecular weight is 294 g/mol. The second kappa shape index (κ2) is 7.00. The van der Waals surface area contributed by atoms with Gasteiger partial charge >= 0.3 is 12.0 Å². The van der Waals surface area contributed by atoms with Gasteiger partial charge in [0.15, 0.2) is 0 Å². The normalized spacial score (nSPS) is 15.8. The molecule has 3 N–H and O–H groups in total. The maximum atomic E-state index is 12.1. The first-order valence-corrected chi connectivity index (χ1v) is 6.67. The van der Waals surface area contributed by atoms with Crippen molar-refractivity contribution in [3.63, 3.8) is 0 Å². The standard InChI is InChI=1S/C13H18N4O4/c18-6-5-16-1-3-17(4-2-16)13(21)15-11-7-10(12(19)20)8-14-9-11/h7-9,18H,1-6H2,(H,15,21)(H,19,20). The number of carbonyl (C=O) groups excluding carboxylic acids is 1. The zero-order valence-corrected chi connectivity index (χ0v) is 11.5. The van der Waals surface area contributed by atoms with Crippen LogP contribution in [0.15, 0.2) is 18.5 Å². The van der Waals surface area contributed by atoms with E-state index in [4.69, 9.17) is 10.2 Å². The maximum absolute atomic E-state index is 12.1. The Morgan fingerprint density at radius 1 is 1.24 bits per heavy atom. The summed E-state index contributed by atoms with van der Waals surface area (Å²) >= 11 is 0. The number of nitrogens with one attached hydrogen (secondary N) is 1. The molecule has 2 heterocycles. The van der Waals surface area contributed by atoms with Gasteiger partial charge in [0, 0.05) is 38.9 Å². The highest BCUT2D eigenvalue weighted by Crippen LogP contribution is 2.10. The first kappa shape index (κ1) is 15.2. The fourth-order valence-corrected chi connectivity index (χ4v) is 2.14. The van der Waals surface area contributed by atoms with Crippen molar-refractivity contribution in [2.24, 2.45) is 0 Å². The number of anilines is 1. The van der Waals surface area contributed by atoms with Crippen molar-refractivity contribution in [1.82, 2.24) is 14.8 Å². The minimum Gasteiger partial charge on any atom is -0.478 e. The lowest BCUT2D eigenvalue weighted by Crippen LogP contribution is -2.50. The van der Waals surface area contributed by atoms with E-state index in [2.05, 4.69) is 15.2 Å². The molecule has 1 aliphatic heterocycles. The minimum atomic E-state index is -1.09. The van der Waals surface area contributed by atoms with Crippen LogP contribution in [-0.2, 0) is 0 Å². The zero-order chi connectivity index (χ0) is 15.2. The molecule has 0 saturated carbocycles. The van der Waals surface area contributed by atoms with Crippen molar-refractivity contribution in [1.29, 1.82) is 0 Å². The average Bonchev–Trinajstić information content (AvgIpc) is 2.48. The van der Waals surface area contributed by atoms with Crippen molar-refractivity contribution >= 4 is 17.7 Å². The number of aromatic nitrogens is 1. The number of aliphatic hydroxyl groups is 1. The van der Waals surface area contributed by atoms with Crippen molar-refractivity contribution in [2.45, 2.75) is 0 Å². The minimum absolute atomic E-state index is 0.0283. The summed E-state index contributed by atoms with van der Waals surface area (Å²) in [6, 6.07) is 1.10. The van der Waals surface area contributed by atoms with E-state index in [0.29, 0.717) is 38.4 Å². The Morgan fingerprint density at radius 3 is 2.57 bits per heavy atom. The number of carbonyl (C=O) groups is 2. The number of aromatic carboxylic acids is 1. The number of aliphatic hydroxyl groups excluding tert-OH is 1. The SMILES string of the molecule is O=C(O)c1cncc(NC(=O)N2CCN(CCO)CC2)c1. The number of carboxylic acid groups (broad SMARTS) is 1. The highest BCUT2D eigenvalue weighted by molar-refractivity contribution is 5.92. The van der Waals surface area contributed by atoms with E-state index in [9.17, 15) is 9.59 Å². The number of nitrogens with zero attached hydrogens (tertiary/aromatic N) is 3. The van der Waals surface area contributed by atoms with Crippen LogP contribution in [0.3, 0.4) is 0 Å². The number of amides is 2. The Morgan fingerprint density at radius 2 is 1.95 bits per heavy atom. The molecule has 1 aromatic heterocycles. The predicted octanol–water partition coefficient (Wildman–Crippen LogP) is -0.0784. The Balaban J connectivity index is 1.90. The Hall–Kier alpha value is -2.19. The maximum Gasteiger partial charge on any atom is 0.337 e. The van der Waals surface area contributed by atoms with Gasteiger partial charge in [-0.05, 0) is 6.07 Å². The second-order valence-corrected chi connectivity index (χ2v) is 4.75. The molecule has 1 fully saturated rings. The lowest BCUT2D eigenvalue weighted by Gasteiger charge is -2.34. The van der Waals surface area contributed by atoms with Gasteiger partial charge in [-0.2, -0.15) is 0 Å². The first-order valence-electron chi connectivity index (χ1n) is 6.67. The van der Waals surface area contributed by atoms with Crippen LogP contribution < -0.4 is 5.32 Å². The van der Waals surface area contributed by atoms with Gasteiger partial charge in [0.05, 0.1) is 24.1 Å². The number of hydrogen-bond donors (Lipinski definition) is 3. The third kappa shape index (κ3) is 4.14. The topological polar surface area (TPSA) is 106 Å². The fourth-order valence-electron chi connectivity index (χ4n) is 2.14. The summed E-state index contributed by atoms with van der Waals surface area (Å²) in [6.07, 6.45) is 2.64.